The zero-order chi connectivity index (χ0) is 54.3. The molecule has 18 atom stereocenters. The molecule has 0 amide bonds. The zero-order valence-corrected chi connectivity index (χ0v) is 47.0. The van der Waals surface area contributed by atoms with Gasteiger partial charge in [0, 0.05) is 75.7 Å². The second-order valence-electron chi connectivity index (χ2n) is 22.9. The highest BCUT2D eigenvalue weighted by Gasteiger charge is 2.53. The molecule has 3 fully saturated rings. The van der Waals surface area contributed by atoms with Gasteiger partial charge in [0.05, 0.1) is 54.2 Å². The highest BCUT2D eigenvalue weighted by atomic mass is 16.7. The van der Waals surface area contributed by atoms with Crippen molar-refractivity contribution < 1.29 is 62.8 Å². The van der Waals surface area contributed by atoms with Crippen LogP contribution in [-0.2, 0) is 49.2 Å². The molecule has 0 spiro atoms. The first kappa shape index (κ1) is 59.8. The molecule has 0 unspecified atom stereocenters. The summed E-state index contributed by atoms with van der Waals surface area (Å²) < 4.78 is 51.5. The third kappa shape index (κ3) is 14.0. The lowest BCUT2D eigenvalue weighted by Gasteiger charge is -2.49. The number of carbonyl (C=O) groups is 2. The van der Waals surface area contributed by atoms with Crippen LogP contribution >= 0.6 is 0 Å². The van der Waals surface area contributed by atoms with Gasteiger partial charge in [-0.1, -0.05) is 70.2 Å². The molecule has 0 bridgehead atoms. The number of fused-ring (bicyclic) bond motifs is 1. The van der Waals surface area contributed by atoms with Crippen molar-refractivity contribution in [3.05, 3.63) is 65.7 Å². The number of para-hydroxylation sites is 1. The summed E-state index contributed by atoms with van der Waals surface area (Å²) in [6.07, 6.45) is 1.21. The SMILES string of the molecule is CC[C@H]1OC(=O)[C@H](C)[C@@H](O[C@H]2C[C@@](C)(OC)[C@@H](O)[C@H](C)O2)[C@H](C)[C@@H](O[C@H]2C[C@@H](N(C)CCCOc3ccc(/C=C\C[C@@H](C)N4CCc5ccccc54)cc3)C[C@@H](C)O2)[C@](C)(OC)C[C@@H](C)C(=O)[C@H](C)[C@@H](O)[C@]1(C)O. The smallest absolute Gasteiger partial charge is 0.311 e. The van der Waals surface area contributed by atoms with E-state index in [1.54, 1.807) is 48.7 Å². The number of hydrogen-bond donors (Lipinski definition) is 3. The minimum absolute atomic E-state index is 0.0956. The number of esters is 1. The number of nitrogens with zero attached hydrogens (tertiary/aromatic N) is 2. The van der Waals surface area contributed by atoms with Gasteiger partial charge in [0.1, 0.15) is 29.3 Å². The maximum atomic E-state index is 14.5. The monoisotopic (exact) mass is 1040 g/mol. The van der Waals surface area contributed by atoms with Crippen LogP contribution in [0.5, 0.6) is 5.75 Å². The summed E-state index contributed by atoms with van der Waals surface area (Å²) >= 11 is 0. The van der Waals surface area contributed by atoms with E-state index in [2.05, 4.69) is 72.3 Å². The minimum Gasteiger partial charge on any atom is -0.494 e. The molecule has 15 heteroatoms. The minimum atomic E-state index is -1.96. The van der Waals surface area contributed by atoms with Gasteiger partial charge in [0.15, 0.2) is 12.6 Å². The average Bonchev–Trinajstić information content (AvgIpc) is 3.82. The molecule has 4 heterocycles. The maximum absolute atomic E-state index is 14.5. The van der Waals surface area contributed by atoms with Gasteiger partial charge in [-0.15, -0.1) is 0 Å². The molecule has 6 rings (SSSR count). The number of aliphatic hydroxyl groups is 3. The Bertz CT molecular complexity index is 2140. The first-order chi connectivity index (χ1) is 35.0. The predicted molar refractivity (Wildman–Crippen MR) is 286 cm³/mol. The highest BCUT2D eigenvalue weighted by Crippen LogP contribution is 2.42. The number of rotatable bonds is 17. The van der Waals surface area contributed by atoms with Crippen LogP contribution in [0.3, 0.4) is 0 Å². The van der Waals surface area contributed by atoms with Gasteiger partial charge >= 0.3 is 5.97 Å². The molecule has 0 aromatic heterocycles. The summed E-state index contributed by atoms with van der Waals surface area (Å²) in [5.41, 5.74) is -0.234. The first-order valence-corrected chi connectivity index (χ1v) is 27.5. The molecular weight excluding hydrogens is 945 g/mol. The second kappa shape index (κ2) is 25.8. The number of anilines is 1. The summed E-state index contributed by atoms with van der Waals surface area (Å²) in [5, 5.41) is 34.5. The second-order valence-corrected chi connectivity index (χ2v) is 22.9. The number of ether oxygens (including phenoxy) is 8. The fourth-order valence-corrected chi connectivity index (χ4v) is 12.2. The number of carbonyl (C=O) groups excluding carboxylic acids is 2. The fraction of sp³-hybridized carbons (Fsp3) is 0.729. The molecule has 4 aliphatic rings. The molecule has 3 saturated heterocycles. The van der Waals surface area contributed by atoms with E-state index in [1.165, 1.54) is 25.3 Å². The van der Waals surface area contributed by atoms with Gasteiger partial charge in [-0.3, -0.25) is 9.59 Å². The lowest BCUT2D eigenvalue weighted by Crippen LogP contribution is -2.60. The molecule has 0 aliphatic carbocycles. The van der Waals surface area contributed by atoms with Crippen LogP contribution in [0.4, 0.5) is 5.69 Å². The van der Waals surface area contributed by atoms with Crippen molar-refractivity contribution in [3.63, 3.8) is 0 Å². The van der Waals surface area contributed by atoms with E-state index < -0.39 is 95.6 Å². The average molecular weight is 1040 g/mol. The van der Waals surface area contributed by atoms with E-state index in [0.717, 1.165) is 50.1 Å². The molecule has 15 nitrogen and oxygen atoms in total. The molecule has 2 aromatic carbocycles. The van der Waals surface area contributed by atoms with Crippen molar-refractivity contribution in [2.45, 2.75) is 212 Å². The molecule has 0 saturated carbocycles. The summed E-state index contributed by atoms with van der Waals surface area (Å²) in [7, 11) is 5.23. The van der Waals surface area contributed by atoms with Crippen LogP contribution in [-0.4, -0.2) is 157 Å². The first-order valence-electron chi connectivity index (χ1n) is 27.5. The molecule has 4 aliphatic heterocycles. The van der Waals surface area contributed by atoms with Crippen LogP contribution in [0.15, 0.2) is 54.6 Å². The fourth-order valence-electron chi connectivity index (χ4n) is 12.2. The number of cyclic esters (lactones) is 1. The number of benzene rings is 2. The lowest BCUT2D eigenvalue weighted by atomic mass is 9.74. The Morgan fingerprint density at radius 1 is 0.865 bits per heavy atom. The van der Waals surface area contributed by atoms with Gasteiger partial charge in [-0.2, -0.15) is 0 Å². The molecule has 0 radical (unpaired) electrons. The van der Waals surface area contributed by atoms with Gasteiger partial charge in [-0.25, -0.2) is 0 Å². The van der Waals surface area contributed by atoms with Crippen molar-refractivity contribution in [2.75, 3.05) is 45.9 Å². The van der Waals surface area contributed by atoms with Crippen molar-refractivity contribution in [1.82, 2.24) is 4.90 Å². The third-order valence-electron chi connectivity index (χ3n) is 17.1. The molecule has 3 N–H and O–H groups in total. The van der Waals surface area contributed by atoms with Crippen molar-refractivity contribution in [1.29, 1.82) is 0 Å². The number of ketones is 1. The summed E-state index contributed by atoms with van der Waals surface area (Å²) in [6, 6.07) is 17.5. The van der Waals surface area contributed by atoms with Crippen molar-refractivity contribution in [3.8, 4) is 5.75 Å². The Balaban J connectivity index is 1.15. The van der Waals surface area contributed by atoms with Crippen LogP contribution in [0.2, 0.25) is 0 Å². The normalized spacial score (nSPS) is 38.2. The number of methoxy groups -OCH3 is 2. The van der Waals surface area contributed by atoms with Crippen LogP contribution < -0.4 is 9.64 Å². The molecule has 416 valence electrons. The summed E-state index contributed by atoms with van der Waals surface area (Å²) in [6.45, 7) is 22.3. The topological polar surface area (TPSA) is 175 Å². The zero-order valence-electron chi connectivity index (χ0n) is 47.0. The van der Waals surface area contributed by atoms with E-state index >= 15 is 0 Å². The van der Waals surface area contributed by atoms with Crippen molar-refractivity contribution >= 4 is 23.5 Å². The van der Waals surface area contributed by atoms with Gasteiger partial charge < -0.3 is 63.0 Å². The maximum Gasteiger partial charge on any atom is 0.311 e. The Hall–Kier alpha value is -3.48. The van der Waals surface area contributed by atoms with Gasteiger partial charge in [0.2, 0.25) is 0 Å². The van der Waals surface area contributed by atoms with Gasteiger partial charge in [0.25, 0.3) is 0 Å². The summed E-state index contributed by atoms with van der Waals surface area (Å²) in [5.74, 6) is -3.41. The quantitative estimate of drug-likeness (QED) is 0.102. The van der Waals surface area contributed by atoms with E-state index in [1.807, 2.05) is 32.9 Å². The van der Waals surface area contributed by atoms with Crippen LogP contribution in [0.25, 0.3) is 6.08 Å². The Morgan fingerprint density at radius 3 is 2.23 bits per heavy atom. The van der Waals surface area contributed by atoms with Crippen LogP contribution in [0.1, 0.15) is 132 Å². The summed E-state index contributed by atoms with van der Waals surface area (Å²) in [4.78, 5) is 33.6. The van der Waals surface area contributed by atoms with Crippen molar-refractivity contribution in [2.24, 2.45) is 23.7 Å². The Labute approximate surface area is 442 Å². The Kier molecular flexibility index (Phi) is 20.8. The molecule has 74 heavy (non-hydrogen) atoms. The van der Waals surface area contributed by atoms with E-state index in [-0.39, 0.29) is 37.2 Å². The third-order valence-corrected chi connectivity index (χ3v) is 17.1. The highest BCUT2D eigenvalue weighted by molar-refractivity contribution is 5.83. The molecule has 2 aromatic rings. The number of aliphatic hydroxyl groups excluding tert-OH is 2. The largest absolute Gasteiger partial charge is 0.494 e. The van der Waals surface area contributed by atoms with E-state index in [4.69, 9.17) is 37.9 Å². The van der Waals surface area contributed by atoms with Crippen LogP contribution in [0, 0.1) is 23.7 Å². The van der Waals surface area contributed by atoms with Gasteiger partial charge in [-0.05, 0) is 123 Å². The predicted octanol–water partition coefficient (Wildman–Crippen LogP) is 8.16. The number of hydrogen-bond acceptors (Lipinski definition) is 15. The van der Waals surface area contributed by atoms with E-state index in [9.17, 15) is 24.9 Å². The Morgan fingerprint density at radius 2 is 1.55 bits per heavy atom. The lowest BCUT2D eigenvalue weighted by molar-refractivity contribution is -0.309. The standard InChI is InChI=1S/C59H92N2O13/c1-15-48-59(11,66)53(63)39(5)51(62)36(2)34-58(10,68-14)55(40(6)52(41(7)56(65)72-48)73-50-35-57(9,67-13)54(64)42(8)71-50)74-49-33-45(32-38(4)70-49)60(12)29-19-31-69-46-26-24-43(25-27-46)21-18-20-37(3)61-30-28-44-22-16-17-23-47(44)61/h16-18,21-27,36-42,45,48-50,52-55,63-64,66H,15,19-20,28-35H2,1-14H3/b21-18-/t36-,37-,38-,39+,40+,41-,42+,45+,48-,49+,50+,52+,53-,54+,55-,57-,58-,59-/m1/s1. The molecular formula is C59H92N2O13. The number of Topliss-reactive ketones (excluding diaryl/α,β-unsaturated/α-hetero) is 1. The van der Waals surface area contributed by atoms with E-state index in [0.29, 0.717) is 19.1 Å².